The average Bonchev–Trinajstić information content (AvgIpc) is 3.07. The maximum atomic E-state index is 13.8. The minimum Gasteiger partial charge on any atom is -0.302 e. The van der Waals surface area contributed by atoms with Gasteiger partial charge in [-0.2, -0.15) is 18.3 Å². The third-order valence-corrected chi connectivity index (χ3v) is 5.00. The number of carbonyl (C=O) groups is 1. The van der Waals surface area contributed by atoms with Crippen molar-refractivity contribution in [3.8, 4) is 0 Å². The van der Waals surface area contributed by atoms with E-state index in [2.05, 4.69) is 5.10 Å². The maximum Gasteiger partial charge on any atom is 0.417 e. The molecule has 7 heteroatoms. The van der Waals surface area contributed by atoms with Gasteiger partial charge >= 0.3 is 6.18 Å². The Kier molecular flexibility index (Phi) is 5.65. The third kappa shape index (κ3) is 4.48. The molecule has 0 N–H and O–H groups in total. The van der Waals surface area contributed by atoms with Crippen LogP contribution in [0, 0.1) is 0 Å². The summed E-state index contributed by atoms with van der Waals surface area (Å²) >= 11 is 1.00. The first kappa shape index (κ1) is 19.8. The summed E-state index contributed by atoms with van der Waals surface area (Å²) in [6.07, 6.45) is -4.03. The van der Waals surface area contributed by atoms with Gasteiger partial charge in [-0.3, -0.25) is 4.79 Å². The Hall–Kier alpha value is -2.93. The third-order valence-electron chi connectivity index (χ3n) is 3.85. The van der Waals surface area contributed by atoms with Crippen molar-refractivity contribution in [3.05, 3.63) is 77.2 Å². The molecule has 3 aromatic rings. The van der Waals surface area contributed by atoms with Crippen molar-refractivity contribution >= 4 is 38.5 Å². The minimum absolute atomic E-state index is 0.000635. The van der Waals surface area contributed by atoms with Gasteiger partial charge in [0.1, 0.15) is 5.71 Å². The normalized spacial score (nSPS) is 13.0. The summed E-state index contributed by atoms with van der Waals surface area (Å²) in [6, 6.07) is 16.9. The standard InChI is InChI=1S/C21H17F3N2OS/c1-26(2)25-20(14-8-4-3-5-9-14)17(27)13-16(21(22,23)24)19-12-15-10-6-7-11-18(15)28-19/h3-13H,1-2H3/b16-13+,25-20+. The van der Waals surface area contributed by atoms with Crippen LogP contribution in [0.4, 0.5) is 13.2 Å². The van der Waals surface area contributed by atoms with Crippen LogP contribution < -0.4 is 0 Å². The summed E-state index contributed by atoms with van der Waals surface area (Å²) in [5.41, 5.74) is -0.565. The number of allylic oxidation sites excluding steroid dienone is 2. The van der Waals surface area contributed by atoms with Gasteiger partial charge in [0.25, 0.3) is 0 Å². The van der Waals surface area contributed by atoms with E-state index in [1.54, 1.807) is 68.7 Å². The summed E-state index contributed by atoms with van der Waals surface area (Å²) in [7, 11) is 3.22. The molecule has 144 valence electrons. The van der Waals surface area contributed by atoms with Gasteiger partial charge in [-0.25, -0.2) is 0 Å². The summed E-state index contributed by atoms with van der Waals surface area (Å²) in [6.45, 7) is 0. The molecular formula is C21H17F3N2OS. The molecule has 0 amide bonds. The number of carbonyl (C=O) groups excluding carboxylic acids is 1. The van der Waals surface area contributed by atoms with Gasteiger partial charge < -0.3 is 5.01 Å². The molecule has 0 bridgehead atoms. The fraction of sp³-hybridized carbons (Fsp3) is 0.143. The molecule has 3 rings (SSSR count). The molecule has 0 saturated heterocycles. The lowest BCUT2D eigenvalue weighted by molar-refractivity contribution is -0.109. The minimum atomic E-state index is -4.67. The van der Waals surface area contributed by atoms with Crippen LogP contribution in [0.3, 0.4) is 0 Å². The van der Waals surface area contributed by atoms with Crippen molar-refractivity contribution in [1.82, 2.24) is 5.01 Å². The molecule has 1 heterocycles. The molecule has 0 aliphatic heterocycles. The Morgan fingerprint density at radius 3 is 2.29 bits per heavy atom. The second kappa shape index (κ2) is 7.98. The van der Waals surface area contributed by atoms with Gasteiger partial charge in [-0.05, 0) is 17.5 Å². The molecule has 0 saturated carbocycles. The molecule has 0 radical (unpaired) electrons. The first-order chi connectivity index (χ1) is 13.3. The summed E-state index contributed by atoms with van der Waals surface area (Å²) in [5.74, 6) is -0.801. The van der Waals surface area contributed by atoms with E-state index in [0.717, 1.165) is 16.0 Å². The van der Waals surface area contributed by atoms with Gasteiger partial charge in [0.15, 0.2) is 0 Å². The summed E-state index contributed by atoms with van der Waals surface area (Å²) in [4.78, 5) is 12.8. The van der Waals surface area contributed by atoms with Crippen molar-refractivity contribution in [3.63, 3.8) is 0 Å². The SMILES string of the molecule is CN(C)/N=C(/C(=O)/C=C(\c1cc2ccccc2s1)C(F)(F)F)c1ccccc1. The molecule has 1 aromatic heterocycles. The summed E-state index contributed by atoms with van der Waals surface area (Å²) < 4.78 is 42.0. The lowest BCUT2D eigenvalue weighted by Gasteiger charge is -2.12. The fourth-order valence-electron chi connectivity index (χ4n) is 2.65. The Bertz CT molecular complexity index is 1020. The van der Waals surface area contributed by atoms with Crippen LogP contribution >= 0.6 is 11.3 Å². The van der Waals surface area contributed by atoms with Gasteiger partial charge in [0, 0.05) is 35.3 Å². The largest absolute Gasteiger partial charge is 0.417 e. The van der Waals surface area contributed by atoms with Crippen LogP contribution in [-0.2, 0) is 4.79 Å². The quantitative estimate of drug-likeness (QED) is 0.326. The molecular weight excluding hydrogens is 385 g/mol. The van der Waals surface area contributed by atoms with Crippen LogP contribution in [0.1, 0.15) is 10.4 Å². The van der Waals surface area contributed by atoms with E-state index >= 15 is 0 Å². The number of hydrazone groups is 1. The lowest BCUT2D eigenvalue weighted by Crippen LogP contribution is -2.20. The topological polar surface area (TPSA) is 32.7 Å². The molecule has 0 fully saturated rings. The first-order valence-electron chi connectivity index (χ1n) is 8.39. The molecule has 0 atom stereocenters. The number of thiophene rings is 1. The first-order valence-corrected chi connectivity index (χ1v) is 9.21. The van der Waals surface area contributed by atoms with Gasteiger partial charge in [-0.15, -0.1) is 11.3 Å². The molecule has 3 nitrogen and oxygen atoms in total. The maximum absolute atomic E-state index is 13.8. The van der Waals surface area contributed by atoms with E-state index in [0.29, 0.717) is 17.0 Å². The highest BCUT2D eigenvalue weighted by Crippen LogP contribution is 2.39. The number of halogens is 3. The fourth-order valence-corrected chi connectivity index (χ4v) is 3.75. The number of ketones is 1. The Morgan fingerprint density at radius 1 is 1.04 bits per heavy atom. The second-order valence-corrected chi connectivity index (χ2v) is 7.31. The highest BCUT2D eigenvalue weighted by atomic mass is 32.1. The molecule has 0 unspecified atom stereocenters. The molecule has 0 spiro atoms. The van der Waals surface area contributed by atoms with E-state index in [1.807, 2.05) is 0 Å². The van der Waals surface area contributed by atoms with Gasteiger partial charge in [0.2, 0.25) is 5.78 Å². The molecule has 0 aliphatic rings. The number of benzene rings is 2. The number of hydrogen-bond acceptors (Lipinski definition) is 4. The van der Waals surface area contributed by atoms with Crippen molar-refractivity contribution in [1.29, 1.82) is 0 Å². The zero-order valence-corrected chi connectivity index (χ0v) is 16.0. The van der Waals surface area contributed by atoms with Crippen molar-refractivity contribution in [2.75, 3.05) is 14.1 Å². The number of alkyl halides is 3. The van der Waals surface area contributed by atoms with E-state index in [4.69, 9.17) is 0 Å². The van der Waals surface area contributed by atoms with Crippen LogP contribution in [0.5, 0.6) is 0 Å². The van der Waals surface area contributed by atoms with Crippen molar-refractivity contribution in [2.24, 2.45) is 5.10 Å². The molecule has 28 heavy (non-hydrogen) atoms. The second-order valence-electron chi connectivity index (χ2n) is 6.23. The smallest absolute Gasteiger partial charge is 0.302 e. The predicted molar refractivity (Wildman–Crippen MR) is 108 cm³/mol. The van der Waals surface area contributed by atoms with E-state index in [1.165, 1.54) is 11.1 Å². The Morgan fingerprint density at radius 2 is 1.68 bits per heavy atom. The number of fused-ring (bicyclic) bond motifs is 1. The van der Waals surface area contributed by atoms with E-state index in [-0.39, 0.29) is 10.6 Å². The molecule has 0 aliphatic carbocycles. The number of hydrogen-bond donors (Lipinski definition) is 0. The zero-order chi connectivity index (χ0) is 20.3. The Labute approximate surface area is 164 Å². The number of nitrogens with zero attached hydrogens (tertiary/aromatic N) is 2. The highest BCUT2D eigenvalue weighted by molar-refractivity contribution is 7.20. The summed E-state index contributed by atoms with van der Waals surface area (Å²) in [5, 5.41) is 6.20. The monoisotopic (exact) mass is 402 g/mol. The van der Waals surface area contributed by atoms with Crippen molar-refractivity contribution in [2.45, 2.75) is 6.18 Å². The van der Waals surface area contributed by atoms with Crippen LogP contribution in [0.25, 0.3) is 15.7 Å². The number of rotatable bonds is 5. The van der Waals surface area contributed by atoms with Gasteiger partial charge in [0.05, 0.1) is 5.57 Å². The molecule has 2 aromatic carbocycles. The predicted octanol–water partition coefficient (Wildman–Crippen LogP) is 5.38. The van der Waals surface area contributed by atoms with Crippen LogP contribution in [0.2, 0.25) is 0 Å². The van der Waals surface area contributed by atoms with Gasteiger partial charge in [-0.1, -0.05) is 48.5 Å². The van der Waals surface area contributed by atoms with E-state index < -0.39 is 17.5 Å². The zero-order valence-electron chi connectivity index (χ0n) is 15.2. The van der Waals surface area contributed by atoms with Crippen LogP contribution in [0.15, 0.2) is 71.8 Å². The van der Waals surface area contributed by atoms with Crippen LogP contribution in [-0.4, -0.2) is 36.8 Å². The van der Waals surface area contributed by atoms with Crippen molar-refractivity contribution < 1.29 is 18.0 Å². The average molecular weight is 402 g/mol. The Balaban J connectivity index is 2.10. The lowest BCUT2D eigenvalue weighted by atomic mass is 10.0. The highest BCUT2D eigenvalue weighted by Gasteiger charge is 2.37. The van der Waals surface area contributed by atoms with E-state index in [9.17, 15) is 18.0 Å².